The third-order valence-corrected chi connectivity index (χ3v) is 3.76. The standard InChI is InChI=1S/C13H19NO4S/c1-14(9-6-10-19(3,16)17)12-8-5-4-7-11(12)13(15)18-2/h4-5,7-8H,6,9-10H2,1-3H3. The average Bonchev–Trinajstić information content (AvgIpc) is 2.36. The first-order valence-electron chi connectivity index (χ1n) is 5.91. The fraction of sp³-hybridized carbons (Fsp3) is 0.462. The van der Waals surface area contributed by atoms with Gasteiger partial charge in [-0.25, -0.2) is 13.2 Å². The molecule has 0 aliphatic rings. The predicted molar refractivity (Wildman–Crippen MR) is 75.4 cm³/mol. The Kier molecular flexibility index (Phi) is 5.35. The number of carbonyl (C=O) groups excluding carboxylic acids is 1. The van der Waals surface area contributed by atoms with Gasteiger partial charge in [-0.3, -0.25) is 0 Å². The van der Waals surface area contributed by atoms with Crippen LogP contribution in [0.2, 0.25) is 0 Å². The minimum atomic E-state index is -2.95. The molecule has 6 heteroatoms. The van der Waals surface area contributed by atoms with Crippen LogP contribution in [0.3, 0.4) is 0 Å². The molecule has 0 unspecified atom stereocenters. The molecule has 0 fully saturated rings. The number of rotatable bonds is 6. The third kappa shape index (κ3) is 4.90. The molecule has 0 heterocycles. The molecule has 0 amide bonds. The second-order valence-corrected chi connectivity index (χ2v) is 6.67. The molecule has 0 atom stereocenters. The van der Waals surface area contributed by atoms with Crippen LogP contribution >= 0.6 is 0 Å². The lowest BCUT2D eigenvalue weighted by molar-refractivity contribution is 0.0601. The molecule has 0 aromatic heterocycles. The molecule has 106 valence electrons. The van der Waals surface area contributed by atoms with Crippen LogP contribution in [-0.4, -0.2) is 47.1 Å². The number of ether oxygens (including phenoxy) is 1. The Bertz CT molecular complexity index is 539. The average molecular weight is 285 g/mol. The Hall–Kier alpha value is -1.56. The third-order valence-electron chi connectivity index (χ3n) is 2.73. The van der Waals surface area contributed by atoms with Gasteiger partial charge in [-0.1, -0.05) is 12.1 Å². The molecule has 0 bridgehead atoms. The number of anilines is 1. The molecular weight excluding hydrogens is 266 g/mol. The fourth-order valence-corrected chi connectivity index (χ4v) is 2.43. The van der Waals surface area contributed by atoms with Crippen LogP contribution < -0.4 is 4.90 Å². The van der Waals surface area contributed by atoms with Crippen molar-refractivity contribution >= 4 is 21.5 Å². The number of hydrogen-bond donors (Lipinski definition) is 0. The molecule has 1 aromatic rings. The van der Waals surface area contributed by atoms with E-state index in [0.717, 1.165) is 5.69 Å². The van der Waals surface area contributed by atoms with E-state index < -0.39 is 15.8 Å². The second-order valence-electron chi connectivity index (χ2n) is 4.41. The van der Waals surface area contributed by atoms with E-state index in [0.29, 0.717) is 18.5 Å². The minimum absolute atomic E-state index is 0.137. The van der Waals surface area contributed by atoms with Crippen LogP contribution in [0.15, 0.2) is 24.3 Å². The monoisotopic (exact) mass is 285 g/mol. The molecule has 0 saturated carbocycles. The topological polar surface area (TPSA) is 63.7 Å². The lowest BCUT2D eigenvalue weighted by Crippen LogP contribution is -2.23. The molecule has 0 aliphatic heterocycles. The lowest BCUT2D eigenvalue weighted by atomic mass is 10.1. The molecule has 0 radical (unpaired) electrons. The molecule has 0 spiro atoms. The number of nitrogens with zero attached hydrogens (tertiary/aromatic N) is 1. The summed E-state index contributed by atoms with van der Waals surface area (Å²) in [5.41, 5.74) is 1.22. The molecular formula is C13H19NO4S. The van der Waals surface area contributed by atoms with Crippen molar-refractivity contribution < 1.29 is 17.9 Å². The van der Waals surface area contributed by atoms with Crippen molar-refractivity contribution in [1.82, 2.24) is 0 Å². The highest BCUT2D eigenvalue weighted by atomic mass is 32.2. The van der Waals surface area contributed by atoms with Crippen LogP contribution in [0.1, 0.15) is 16.8 Å². The number of esters is 1. The predicted octanol–water partition coefficient (Wildman–Crippen LogP) is 1.34. The SMILES string of the molecule is COC(=O)c1ccccc1N(C)CCCS(C)(=O)=O. The van der Waals surface area contributed by atoms with E-state index in [1.54, 1.807) is 12.1 Å². The number of carbonyl (C=O) groups is 1. The van der Waals surface area contributed by atoms with Crippen LogP contribution in [0.25, 0.3) is 0 Å². The van der Waals surface area contributed by atoms with Crippen molar-refractivity contribution in [3.8, 4) is 0 Å². The number of hydrogen-bond acceptors (Lipinski definition) is 5. The first kappa shape index (κ1) is 15.5. The van der Waals surface area contributed by atoms with Gasteiger partial charge in [0.15, 0.2) is 0 Å². The Balaban J connectivity index is 2.77. The van der Waals surface area contributed by atoms with Gasteiger partial charge >= 0.3 is 5.97 Å². The summed E-state index contributed by atoms with van der Waals surface area (Å²) in [5, 5.41) is 0. The van der Waals surface area contributed by atoms with Gasteiger partial charge in [-0.15, -0.1) is 0 Å². The zero-order chi connectivity index (χ0) is 14.5. The Morgan fingerprint density at radius 3 is 2.53 bits per heavy atom. The Labute approximate surface area is 114 Å². The van der Waals surface area contributed by atoms with Gasteiger partial charge in [-0.05, 0) is 18.6 Å². The highest BCUT2D eigenvalue weighted by Gasteiger charge is 2.14. The Morgan fingerprint density at radius 2 is 1.95 bits per heavy atom. The maximum absolute atomic E-state index is 11.6. The molecule has 0 N–H and O–H groups in total. The molecule has 1 rings (SSSR count). The normalized spacial score (nSPS) is 11.1. The zero-order valence-corrected chi connectivity index (χ0v) is 12.2. The molecule has 0 saturated heterocycles. The van der Waals surface area contributed by atoms with Crippen molar-refractivity contribution in [3.63, 3.8) is 0 Å². The highest BCUT2D eigenvalue weighted by molar-refractivity contribution is 7.90. The van der Waals surface area contributed by atoms with E-state index >= 15 is 0 Å². The number of sulfone groups is 1. The molecule has 1 aromatic carbocycles. The highest BCUT2D eigenvalue weighted by Crippen LogP contribution is 2.20. The summed E-state index contributed by atoms with van der Waals surface area (Å²) < 4.78 is 26.9. The largest absolute Gasteiger partial charge is 0.465 e. The van der Waals surface area contributed by atoms with Gasteiger partial charge in [0.05, 0.1) is 24.1 Å². The van der Waals surface area contributed by atoms with Crippen molar-refractivity contribution in [3.05, 3.63) is 29.8 Å². The van der Waals surface area contributed by atoms with Crippen LogP contribution in [-0.2, 0) is 14.6 Å². The van der Waals surface area contributed by atoms with Crippen LogP contribution in [0, 0.1) is 0 Å². The van der Waals surface area contributed by atoms with Crippen molar-refractivity contribution in [2.45, 2.75) is 6.42 Å². The Morgan fingerprint density at radius 1 is 1.32 bits per heavy atom. The van der Waals surface area contributed by atoms with E-state index in [4.69, 9.17) is 4.74 Å². The van der Waals surface area contributed by atoms with Gasteiger partial charge in [0.2, 0.25) is 0 Å². The van der Waals surface area contributed by atoms with Crippen LogP contribution in [0.4, 0.5) is 5.69 Å². The van der Waals surface area contributed by atoms with Gasteiger partial charge in [0.25, 0.3) is 0 Å². The van der Waals surface area contributed by atoms with Gasteiger partial charge in [-0.2, -0.15) is 0 Å². The number of benzene rings is 1. The van der Waals surface area contributed by atoms with Gasteiger partial charge in [0, 0.05) is 19.8 Å². The van der Waals surface area contributed by atoms with Crippen molar-refractivity contribution in [1.29, 1.82) is 0 Å². The molecule has 0 aliphatic carbocycles. The molecule has 5 nitrogen and oxygen atoms in total. The summed E-state index contributed by atoms with van der Waals surface area (Å²) in [7, 11) is 0.208. The van der Waals surface area contributed by atoms with E-state index in [1.165, 1.54) is 13.4 Å². The van der Waals surface area contributed by atoms with Crippen LogP contribution in [0.5, 0.6) is 0 Å². The summed E-state index contributed by atoms with van der Waals surface area (Å²) in [6.07, 6.45) is 1.74. The fourth-order valence-electron chi connectivity index (χ4n) is 1.77. The van der Waals surface area contributed by atoms with E-state index in [2.05, 4.69) is 0 Å². The minimum Gasteiger partial charge on any atom is -0.465 e. The van der Waals surface area contributed by atoms with Gasteiger partial charge < -0.3 is 9.64 Å². The lowest BCUT2D eigenvalue weighted by Gasteiger charge is -2.21. The maximum Gasteiger partial charge on any atom is 0.339 e. The summed E-state index contributed by atoms with van der Waals surface area (Å²) in [6.45, 7) is 0.557. The first-order chi connectivity index (χ1) is 8.85. The summed E-state index contributed by atoms with van der Waals surface area (Å²) >= 11 is 0. The number of para-hydroxylation sites is 1. The smallest absolute Gasteiger partial charge is 0.339 e. The first-order valence-corrected chi connectivity index (χ1v) is 7.97. The van der Waals surface area contributed by atoms with Gasteiger partial charge in [0.1, 0.15) is 9.84 Å². The van der Waals surface area contributed by atoms with Crippen molar-refractivity contribution in [2.75, 3.05) is 37.6 Å². The summed E-state index contributed by atoms with van der Waals surface area (Å²) in [6, 6.07) is 7.09. The molecule has 19 heavy (non-hydrogen) atoms. The zero-order valence-electron chi connectivity index (χ0n) is 11.4. The van der Waals surface area contributed by atoms with Crippen molar-refractivity contribution in [2.24, 2.45) is 0 Å². The quantitative estimate of drug-likeness (QED) is 0.738. The van der Waals surface area contributed by atoms with E-state index in [-0.39, 0.29) is 5.75 Å². The van der Waals surface area contributed by atoms with E-state index in [1.807, 2.05) is 24.1 Å². The maximum atomic E-state index is 11.6. The summed E-state index contributed by atoms with van der Waals surface area (Å²) in [4.78, 5) is 13.5. The number of methoxy groups -OCH3 is 1. The second kappa shape index (κ2) is 6.56. The summed E-state index contributed by atoms with van der Waals surface area (Å²) in [5.74, 6) is -0.261. The van der Waals surface area contributed by atoms with E-state index in [9.17, 15) is 13.2 Å².